The van der Waals surface area contributed by atoms with E-state index < -0.39 is 5.41 Å². The Labute approximate surface area is 445 Å². The molecule has 0 aliphatic heterocycles. The van der Waals surface area contributed by atoms with Gasteiger partial charge in [-0.3, -0.25) is 0 Å². The third-order valence-corrected chi connectivity index (χ3v) is 16.9. The molecule has 76 heavy (non-hydrogen) atoms. The molecule has 0 bridgehead atoms. The number of rotatable bonds is 9. The van der Waals surface area contributed by atoms with Crippen LogP contribution in [0.1, 0.15) is 22.3 Å². The van der Waals surface area contributed by atoms with Crippen molar-refractivity contribution in [2.45, 2.75) is 5.41 Å². The summed E-state index contributed by atoms with van der Waals surface area (Å²) in [7, 11) is 0. The van der Waals surface area contributed by atoms with E-state index >= 15 is 0 Å². The predicted octanol–water partition coefficient (Wildman–Crippen LogP) is 20.5. The molecule has 0 amide bonds. The lowest BCUT2D eigenvalue weighted by Crippen LogP contribution is -2.28. The number of para-hydroxylation sites is 3. The van der Waals surface area contributed by atoms with Crippen molar-refractivity contribution in [3.8, 4) is 55.6 Å². The summed E-state index contributed by atoms with van der Waals surface area (Å²) in [6.45, 7) is 0. The van der Waals surface area contributed by atoms with Gasteiger partial charge in [-0.2, -0.15) is 0 Å². The first-order valence-electron chi connectivity index (χ1n) is 26.1. The van der Waals surface area contributed by atoms with E-state index in [4.69, 9.17) is 4.42 Å². The minimum absolute atomic E-state index is 0.444. The lowest BCUT2D eigenvalue weighted by Gasteiger charge is -2.33. The maximum Gasteiger partial charge on any atom is 0.143 e. The third kappa shape index (κ3) is 6.94. The Morgan fingerprint density at radius 3 is 1.62 bits per heavy atom. The topological polar surface area (TPSA) is 16.4 Å². The van der Waals surface area contributed by atoms with Crippen LogP contribution < -0.4 is 4.90 Å². The summed E-state index contributed by atoms with van der Waals surface area (Å²) in [6, 6.07) is 104. The molecule has 0 atom stereocenters. The Bertz CT molecular complexity index is 4470. The summed E-state index contributed by atoms with van der Waals surface area (Å²) in [6.07, 6.45) is 0. The largest absolute Gasteiger partial charge is 0.455 e. The van der Waals surface area contributed by atoms with Crippen LogP contribution in [0.5, 0.6) is 0 Å². The Morgan fingerprint density at radius 2 is 0.842 bits per heavy atom. The first kappa shape index (κ1) is 44.0. The first-order valence-corrected chi connectivity index (χ1v) is 26.9. The van der Waals surface area contributed by atoms with Gasteiger partial charge in [-0.1, -0.05) is 224 Å². The molecule has 0 saturated carbocycles. The maximum atomic E-state index is 6.53. The molecule has 0 fully saturated rings. The summed E-state index contributed by atoms with van der Waals surface area (Å²) in [5, 5.41) is 4.87. The molecule has 0 saturated heterocycles. The molecule has 2 heterocycles. The quantitative estimate of drug-likeness (QED) is 0.143. The molecule has 12 aromatic carbocycles. The van der Waals surface area contributed by atoms with E-state index in [9.17, 15) is 0 Å². The fourth-order valence-corrected chi connectivity index (χ4v) is 13.5. The van der Waals surface area contributed by atoms with Gasteiger partial charge in [-0.25, -0.2) is 0 Å². The Kier molecular flexibility index (Phi) is 10.3. The highest BCUT2D eigenvalue weighted by atomic mass is 32.1. The van der Waals surface area contributed by atoms with Gasteiger partial charge in [0, 0.05) is 53.4 Å². The van der Waals surface area contributed by atoms with Gasteiger partial charge < -0.3 is 9.32 Å². The van der Waals surface area contributed by atoms with Crippen molar-refractivity contribution in [1.29, 1.82) is 0 Å². The molecule has 3 heteroatoms. The highest BCUT2D eigenvalue weighted by Crippen LogP contribution is 2.57. The summed E-state index contributed by atoms with van der Waals surface area (Å²) >= 11 is 1.86. The van der Waals surface area contributed by atoms with Crippen LogP contribution in [0.4, 0.5) is 17.1 Å². The number of anilines is 3. The number of thiophene rings is 1. The smallest absolute Gasteiger partial charge is 0.143 e. The van der Waals surface area contributed by atoms with Crippen molar-refractivity contribution in [2.75, 3.05) is 4.90 Å². The second kappa shape index (κ2) is 17.8. The van der Waals surface area contributed by atoms with Gasteiger partial charge in [0.15, 0.2) is 0 Å². The van der Waals surface area contributed by atoms with Gasteiger partial charge in [-0.05, 0) is 127 Å². The van der Waals surface area contributed by atoms with Crippen LogP contribution in [-0.2, 0) is 5.41 Å². The highest BCUT2D eigenvalue weighted by Gasteiger charge is 2.46. The molecule has 0 unspecified atom stereocenters. The SMILES string of the molecule is c1ccc(C2(c3ccccc3)c3ccccc3-c3cc(-c4cccc(-c5ccccc5N(c5ccc(-c6cccc7c6oc6ccccc67)cc5)c5ccc(-c6cccc7sc8ccccc8c67)cc5)c4)ccc32)cc1. The summed E-state index contributed by atoms with van der Waals surface area (Å²) in [4.78, 5) is 2.41. The summed E-state index contributed by atoms with van der Waals surface area (Å²) in [5.74, 6) is 0. The number of benzene rings is 12. The standard InChI is InChI=1S/C73H47NOS/c1-3-20-53(21-4-1)73(54-22-5-2-6-23-54)65-31-11-7-25-60(65)64-47-51(40-45-66(64)73)50-18-15-19-52(46-50)57-24-8-12-32-67(57)74(55-41-36-48(37-42-55)58-28-17-35-70-71(58)63-27-10-14-34-69(63)76-70)56-43-38-49(39-44-56)59-29-16-30-62-61-26-9-13-33-68(61)75-72(59)62/h1-47H. The molecule has 0 N–H and O–H groups in total. The van der Waals surface area contributed by atoms with E-state index in [-0.39, 0.29) is 0 Å². The van der Waals surface area contributed by atoms with Gasteiger partial charge in [-0.15, -0.1) is 11.3 Å². The van der Waals surface area contributed by atoms with Crippen LogP contribution in [0.15, 0.2) is 290 Å². The Hall–Kier alpha value is -9.54. The van der Waals surface area contributed by atoms with E-state index in [0.717, 1.165) is 61.3 Å². The molecule has 356 valence electrons. The number of fused-ring (bicyclic) bond motifs is 9. The normalized spacial score (nSPS) is 12.6. The van der Waals surface area contributed by atoms with Gasteiger partial charge in [0.2, 0.25) is 0 Å². The average molecular weight is 986 g/mol. The zero-order chi connectivity index (χ0) is 50.2. The fourth-order valence-electron chi connectivity index (χ4n) is 12.4. The minimum atomic E-state index is -0.444. The molecule has 1 aliphatic rings. The van der Waals surface area contributed by atoms with Crippen LogP contribution in [0, 0.1) is 0 Å². The van der Waals surface area contributed by atoms with Crippen molar-refractivity contribution in [2.24, 2.45) is 0 Å². The van der Waals surface area contributed by atoms with Gasteiger partial charge in [0.1, 0.15) is 11.2 Å². The van der Waals surface area contributed by atoms with Gasteiger partial charge in [0.05, 0.1) is 11.1 Å². The molecular weight excluding hydrogens is 939 g/mol. The zero-order valence-corrected chi connectivity index (χ0v) is 42.2. The fraction of sp³-hybridized carbons (Fsp3) is 0.0137. The van der Waals surface area contributed by atoms with Gasteiger partial charge >= 0.3 is 0 Å². The lowest BCUT2D eigenvalue weighted by molar-refractivity contribution is 0.670. The summed E-state index contributed by atoms with van der Waals surface area (Å²) < 4.78 is 9.14. The Morgan fingerprint density at radius 1 is 0.316 bits per heavy atom. The monoisotopic (exact) mass is 985 g/mol. The Balaban J connectivity index is 0.855. The molecule has 1 aliphatic carbocycles. The number of furan rings is 1. The maximum absolute atomic E-state index is 6.53. The molecule has 14 aromatic rings. The molecule has 15 rings (SSSR count). The molecule has 2 aromatic heterocycles. The molecule has 2 nitrogen and oxygen atoms in total. The van der Waals surface area contributed by atoms with E-state index in [1.807, 2.05) is 17.4 Å². The molecular formula is C73H47NOS. The van der Waals surface area contributed by atoms with Crippen LogP contribution in [-0.4, -0.2) is 0 Å². The van der Waals surface area contributed by atoms with Crippen molar-refractivity contribution in [1.82, 2.24) is 0 Å². The van der Waals surface area contributed by atoms with E-state index in [1.54, 1.807) is 0 Å². The molecule has 0 radical (unpaired) electrons. The number of hydrogen-bond donors (Lipinski definition) is 0. The van der Waals surface area contributed by atoms with Crippen molar-refractivity contribution in [3.05, 3.63) is 307 Å². The minimum Gasteiger partial charge on any atom is -0.455 e. The number of hydrogen-bond acceptors (Lipinski definition) is 3. The van der Waals surface area contributed by atoms with Crippen molar-refractivity contribution < 1.29 is 4.42 Å². The predicted molar refractivity (Wildman–Crippen MR) is 320 cm³/mol. The second-order valence-electron chi connectivity index (χ2n) is 19.9. The van der Waals surface area contributed by atoms with Gasteiger partial charge in [0.25, 0.3) is 0 Å². The average Bonchev–Trinajstić information content (AvgIpc) is 4.29. The van der Waals surface area contributed by atoms with Crippen LogP contribution in [0.2, 0.25) is 0 Å². The van der Waals surface area contributed by atoms with E-state index in [1.165, 1.54) is 75.8 Å². The van der Waals surface area contributed by atoms with Crippen LogP contribution in [0.25, 0.3) is 97.7 Å². The molecule has 0 spiro atoms. The summed E-state index contributed by atoms with van der Waals surface area (Å²) in [5.41, 5.74) is 21.5. The first-order chi connectivity index (χ1) is 37.7. The van der Waals surface area contributed by atoms with Crippen LogP contribution >= 0.6 is 11.3 Å². The van der Waals surface area contributed by atoms with E-state index in [2.05, 4.69) is 284 Å². The number of nitrogens with zero attached hydrogens (tertiary/aromatic N) is 1. The van der Waals surface area contributed by atoms with Crippen LogP contribution in [0.3, 0.4) is 0 Å². The zero-order valence-electron chi connectivity index (χ0n) is 41.4. The second-order valence-corrected chi connectivity index (χ2v) is 21.0. The lowest BCUT2D eigenvalue weighted by atomic mass is 9.67. The van der Waals surface area contributed by atoms with Crippen molar-refractivity contribution in [3.63, 3.8) is 0 Å². The van der Waals surface area contributed by atoms with E-state index in [0.29, 0.717) is 0 Å². The highest BCUT2D eigenvalue weighted by molar-refractivity contribution is 7.25. The van der Waals surface area contributed by atoms with Crippen molar-refractivity contribution >= 4 is 70.5 Å². The third-order valence-electron chi connectivity index (χ3n) is 15.8.